The van der Waals surface area contributed by atoms with Gasteiger partial charge in [-0.05, 0) is 19.8 Å². The summed E-state index contributed by atoms with van der Waals surface area (Å²) in [6, 6.07) is -1.28. The van der Waals surface area contributed by atoms with Gasteiger partial charge in [-0.15, -0.1) is 10.2 Å². The van der Waals surface area contributed by atoms with E-state index in [2.05, 4.69) is 14.5 Å². The minimum atomic E-state index is -4.95. The van der Waals surface area contributed by atoms with E-state index < -0.39 is 22.5 Å². The summed E-state index contributed by atoms with van der Waals surface area (Å²) < 4.78 is 36.2. The summed E-state index contributed by atoms with van der Waals surface area (Å²) >= 11 is 1.39. The predicted molar refractivity (Wildman–Crippen MR) is 65.1 cm³/mol. The number of rotatable bonds is 3. The van der Waals surface area contributed by atoms with Crippen molar-refractivity contribution in [1.29, 1.82) is 0 Å². The normalized spacial score (nSPS) is 25.1. The molecule has 0 saturated carbocycles. The van der Waals surface area contributed by atoms with Gasteiger partial charge >= 0.3 is 35.6 Å². The number of urea groups is 1. The smallest absolute Gasteiger partial charge is 0.724 e. The number of hydrogen-bond acceptors (Lipinski definition) is 8. The number of hydrogen-bond donors (Lipinski definition) is 0. The molecular formula is C9H11N4NaO5S2. The third kappa shape index (κ3) is 3.38. The molecule has 2 saturated heterocycles. The Morgan fingerprint density at radius 3 is 2.67 bits per heavy atom. The maximum absolute atomic E-state index is 12.1. The van der Waals surface area contributed by atoms with Crippen LogP contribution in [0.4, 0.5) is 4.79 Å². The summed E-state index contributed by atoms with van der Waals surface area (Å²) in [4.78, 5) is 13.6. The van der Waals surface area contributed by atoms with Crippen LogP contribution in [0, 0.1) is 6.92 Å². The number of amides is 2. The van der Waals surface area contributed by atoms with Gasteiger partial charge in [0.25, 0.3) is 0 Å². The van der Waals surface area contributed by atoms with Crippen LogP contribution in [0.25, 0.3) is 0 Å². The van der Waals surface area contributed by atoms with E-state index in [-0.39, 0.29) is 35.6 Å². The molecule has 21 heavy (non-hydrogen) atoms. The van der Waals surface area contributed by atoms with Crippen molar-refractivity contribution >= 4 is 27.8 Å². The average Bonchev–Trinajstić information content (AvgIpc) is 2.88. The van der Waals surface area contributed by atoms with Crippen molar-refractivity contribution in [3.05, 3.63) is 10.0 Å². The van der Waals surface area contributed by atoms with Crippen molar-refractivity contribution in [2.24, 2.45) is 0 Å². The summed E-state index contributed by atoms with van der Waals surface area (Å²) in [6.07, 6.45) is 1.17. The van der Waals surface area contributed by atoms with E-state index in [1.54, 1.807) is 0 Å². The average molecular weight is 342 g/mol. The fraction of sp³-hybridized carbons (Fsp3) is 0.667. The van der Waals surface area contributed by atoms with E-state index in [1.165, 1.54) is 16.2 Å². The molecule has 0 radical (unpaired) electrons. The molecule has 0 unspecified atom stereocenters. The standard InChI is InChI=1S/C9H12N4O5S2.Na/c1-5-10-11-8(19-5)7-3-2-6-4-12(7)9(14)13(6)18-20(15,16)17;/h6-7H,2-4H2,1H3,(H,15,16,17);/q;+1/p-1/t6-,7+;/m1./s1. The third-order valence-corrected chi connectivity index (χ3v) is 4.60. The maximum atomic E-state index is 12.1. The van der Waals surface area contributed by atoms with Crippen LogP contribution in [0.5, 0.6) is 0 Å². The number of aryl methyl sites for hydroxylation is 1. The van der Waals surface area contributed by atoms with Gasteiger partial charge in [0.15, 0.2) is 0 Å². The van der Waals surface area contributed by atoms with E-state index in [0.29, 0.717) is 29.5 Å². The fourth-order valence-corrected chi connectivity index (χ4v) is 3.76. The molecule has 1 aromatic rings. The second kappa shape index (κ2) is 6.07. The first kappa shape index (κ1) is 17.1. The van der Waals surface area contributed by atoms with Gasteiger partial charge in [-0.3, -0.25) is 0 Å². The zero-order chi connectivity index (χ0) is 14.5. The third-order valence-electron chi connectivity index (χ3n) is 3.32. The SMILES string of the molecule is Cc1nnc([C@@H]2CC[C@@H]3CN2C(=O)N3OS(=O)(=O)[O-])s1.[Na+]. The predicted octanol–water partition coefficient (Wildman–Crippen LogP) is -2.82. The van der Waals surface area contributed by atoms with Crippen molar-refractivity contribution in [2.45, 2.75) is 31.8 Å². The zero-order valence-corrected chi connectivity index (χ0v) is 15.1. The molecule has 0 spiro atoms. The summed E-state index contributed by atoms with van der Waals surface area (Å²) in [6.45, 7) is 2.13. The van der Waals surface area contributed by atoms with Crippen LogP contribution in [0.3, 0.4) is 0 Å². The molecule has 9 nitrogen and oxygen atoms in total. The maximum Gasteiger partial charge on any atom is 1.00 e. The zero-order valence-electron chi connectivity index (χ0n) is 11.4. The van der Waals surface area contributed by atoms with Crippen LogP contribution < -0.4 is 29.6 Å². The van der Waals surface area contributed by atoms with Crippen LogP contribution in [0.1, 0.15) is 28.9 Å². The minimum Gasteiger partial charge on any atom is -0.724 e. The summed E-state index contributed by atoms with van der Waals surface area (Å²) in [7, 11) is -4.95. The van der Waals surface area contributed by atoms with Crippen molar-refractivity contribution in [1.82, 2.24) is 20.2 Å². The first-order chi connectivity index (χ1) is 9.35. The van der Waals surface area contributed by atoms with Crippen molar-refractivity contribution < 1.29 is 51.6 Å². The Labute approximate surface area is 147 Å². The van der Waals surface area contributed by atoms with Gasteiger partial charge in [-0.1, -0.05) is 11.3 Å². The van der Waals surface area contributed by atoms with E-state index in [0.717, 1.165) is 5.01 Å². The number of carbonyl (C=O) groups is 1. The first-order valence-electron chi connectivity index (χ1n) is 5.90. The van der Waals surface area contributed by atoms with Crippen molar-refractivity contribution in [2.75, 3.05) is 6.54 Å². The summed E-state index contributed by atoms with van der Waals surface area (Å²) in [5.74, 6) is 0. The van der Waals surface area contributed by atoms with E-state index >= 15 is 0 Å². The Morgan fingerprint density at radius 1 is 1.38 bits per heavy atom. The summed E-state index contributed by atoms with van der Waals surface area (Å²) in [5, 5.41) is 10.1. The minimum absolute atomic E-state index is 0. The number of fused-ring (bicyclic) bond motifs is 2. The second-order valence-electron chi connectivity index (χ2n) is 4.65. The van der Waals surface area contributed by atoms with Gasteiger partial charge in [0.2, 0.25) is 10.4 Å². The van der Waals surface area contributed by atoms with Crippen LogP contribution in [-0.4, -0.2) is 51.7 Å². The molecule has 2 bridgehead atoms. The van der Waals surface area contributed by atoms with Crippen LogP contribution >= 0.6 is 11.3 Å². The topological polar surface area (TPSA) is 116 Å². The van der Waals surface area contributed by atoms with E-state index in [4.69, 9.17) is 0 Å². The first-order valence-corrected chi connectivity index (χ1v) is 8.05. The van der Waals surface area contributed by atoms with Crippen LogP contribution in [0.2, 0.25) is 0 Å². The van der Waals surface area contributed by atoms with Crippen LogP contribution in [-0.2, 0) is 14.7 Å². The molecule has 110 valence electrons. The molecule has 1 aromatic heterocycles. The molecule has 12 heteroatoms. The largest absolute Gasteiger partial charge is 1.00 e. The number of carbonyl (C=O) groups excluding carboxylic acids is 1. The van der Waals surface area contributed by atoms with Gasteiger partial charge in [-0.2, -0.15) is 9.35 Å². The number of nitrogens with zero attached hydrogens (tertiary/aromatic N) is 4. The van der Waals surface area contributed by atoms with Gasteiger partial charge in [0.05, 0.1) is 12.1 Å². The molecule has 3 heterocycles. The monoisotopic (exact) mass is 342 g/mol. The van der Waals surface area contributed by atoms with Gasteiger partial charge in [-0.25, -0.2) is 13.2 Å². The van der Waals surface area contributed by atoms with Crippen molar-refractivity contribution in [3.8, 4) is 0 Å². The van der Waals surface area contributed by atoms with E-state index in [9.17, 15) is 17.8 Å². The number of hydroxylamine groups is 2. The fourth-order valence-electron chi connectivity index (χ4n) is 2.53. The Bertz CT molecular complexity index is 650. The molecule has 2 aliphatic rings. The molecule has 3 rings (SSSR count). The Balaban J connectivity index is 0.00000161. The molecular weight excluding hydrogens is 331 g/mol. The Hall–Kier alpha value is -0.300. The molecule has 0 aromatic carbocycles. The molecule has 2 aliphatic heterocycles. The Kier molecular flexibility index (Phi) is 4.93. The molecule has 2 atom stereocenters. The van der Waals surface area contributed by atoms with Crippen LogP contribution in [0.15, 0.2) is 0 Å². The molecule has 2 fully saturated rings. The van der Waals surface area contributed by atoms with Gasteiger partial charge in [0, 0.05) is 6.54 Å². The van der Waals surface area contributed by atoms with Crippen molar-refractivity contribution in [3.63, 3.8) is 0 Å². The quantitative estimate of drug-likeness (QED) is 0.330. The molecule has 2 amide bonds. The number of piperidine rings is 1. The number of aromatic nitrogens is 2. The van der Waals surface area contributed by atoms with Gasteiger partial charge in [0.1, 0.15) is 10.0 Å². The Morgan fingerprint density at radius 2 is 2.10 bits per heavy atom. The second-order valence-corrected chi connectivity index (χ2v) is 6.83. The van der Waals surface area contributed by atoms with Gasteiger partial charge < -0.3 is 9.45 Å². The van der Waals surface area contributed by atoms with E-state index in [1.807, 2.05) is 6.92 Å². The molecule has 0 aliphatic carbocycles. The molecule has 0 N–H and O–H groups in total. The summed E-state index contributed by atoms with van der Waals surface area (Å²) in [5.41, 5.74) is 0.